The van der Waals surface area contributed by atoms with E-state index in [9.17, 15) is 9.59 Å². The van der Waals surface area contributed by atoms with Gasteiger partial charge < -0.3 is 10.6 Å². The molecule has 0 aliphatic carbocycles. The summed E-state index contributed by atoms with van der Waals surface area (Å²) < 4.78 is 0. The number of piperazine rings is 1. The fourth-order valence-electron chi connectivity index (χ4n) is 1.32. The molecule has 0 bridgehead atoms. The second-order valence-electron chi connectivity index (χ2n) is 3.06. The number of hydrogen-bond acceptors (Lipinski definition) is 3. The van der Waals surface area contributed by atoms with E-state index in [-0.39, 0.29) is 18.4 Å². The first-order valence-electron chi connectivity index (χ1n) is 4.24. The van der Waals surface area contributed by atoms with Gasteiger partial charge >= 0.3 is 0 Å². The minimum atomic E-state index is -0.520. The molecule has 0 aromatic heterocycles. The van der Waals surface area contributed by atoms with E-state index < -0.39 is 6.04 Å². The van der Waals surface area contributed by atoms with Gasteiger partial charge in [0, 0.05) is 6.42 Å². The number of nitrogens with zero attached hydrogens (tertiary/aromatic N) is 2. The maximum Gasteiger partial charge on any atom is 0.243 e. The van der Waals surface area contributed by atoms with Crippen LogP contribution in [0.1, 0.15) is 6.42 Å². The molecular formula is C8H9N4O2. The normalized spacial score (nSPS) is 25.1. The van der Waals surface area contributed by atoms with E-state index in [0.717, 1.165) is 0 Å². The molecule has 2 aliphatic heterocycles. The van der Waals surface area contributed by atoms with Crippen molar-refractivity contribution in [1.29, 1.82) is 0 Å². The highest BCUT2D eigenvalue weighted by Gasteiger charge is 2.27. The van der Waals surface area contributed by atoms with Gasteiger partial charge in [-0.05, 0) is 0 Å². The van der Waals surface area contributed by atoms with Crippen LogP contribution in [0.3, 0.4) is 0 Å². The molecule has 0 aromatic rings. The first-order chi connectivity index (χ1) is 6.75. The van der Waals surface area contributed by atoms with E-state index in [2.05, 4.69) is 20.9 Å². The molecule has 1 fully saturated rings. The summed E-state index contributed by atoms with van der Waals surface area (Å²) in [7, 11) is 0. The van der Waals surface area contributed by atoms with Crippen molar-refractivity contribution >= 4 is 18.2 Å². The standard InChI is InChI=1S/C8H9N4O2/c13-7-3-10-8(14)6(12-7)1-5-2-9-4-11-5/h2,4,6H,1,3H2,(H,10,14)(H,12,13). The van der Waals surface area contributed by atoms with Gasteiger partial charge in [-0.3, -0.25) is 9.59 Å². The van der Waals surface area contributed by atoms with Crippen LogP contribution in [0.2, 0.25) is 0 Å². The first kappa shape index (κ1) is 8.74. The first-order valence-corrected chi connectivity index (χ1v) is 4.24. The average molecular weight is 193 g/mol. The van der Waals surface area contributed by atoms with E-state index in [0.29, 0.717) is 12.1 Å². The predicted octanol–water partition coefficient (Wildman–Crippen LogP) is -1.52. The summed E-state index contributed by atoms with van der Waals surface area (Å²) in [5.74, 6) is -0.346. The maximum absolute atomic E-state index is 11.3. The van der Waals surface area contributed by atoms with Crippen LogP contribution in [0.15, 0.2) is 16.9 Å². The van der Waals surface area contributed by atoms with E-state index in [1.807, 2.05) is 0 Å². The van der Waals surface area contributed by atoms with Gasteiger partial charge in [-0.1, -0.05) is 0 Å². The smallest absolute Gasteiger partial charge is 0.243 e. The van der Waals surface area contributed by atoms with Gasteiger partial charge in [0.15, 0.2) is 0 Å². The molecule has 14 heavy (non-hydrogen) atoms. The van der Waals surface area contributed by atoms with Gasteiger partial charge in [0.2, 0.25) is 11.8 Å². The Bertz CT molecular complexity index is 334. The van der Waals surface area contributed by atoms with Crippen LogP contribution in [0.5, 0.6) is 0 Å². The third-order valence-electron chi connectivity index (χ3n) is 2.00. The molecule has 1 unspecified atom stereocenters. The fourth-order valence-corrected chi connectivity index (χ4v) is 1.32. The Balaban J connectivity index is 1.95. The lowest BCUT2D eigenvalue weighted by atomic mass is 10.1. The van der Waals surface area contributed by atoms with Crippen molar-refractivity contribution in [3.8, 4) is 0 Å². The third-order valence-corrected chi connectivity index (χ3v) is 2.00. The molecule has 73 valence electrons. The molecule has 0 spiro atoms. The zero-order chi connectivity index (χ0) is 9.97. The predicted molar refractivity (Wildman–Crippen MR) is 48.3 cm³/mol. The molecule has 2 N–H and O–H groups in total. The second-order valence-corrected chi connectivity index (χ2v) is 3.06. The van der Waals surface area contributed by atoms with Crippen LogP contribution >= 0.6 is 0 Å². The highest BCUT2D eigenvalue weighted by molar-refractivity contribution is 5.94. The molecule has 0 saturated carbocycles. The lowest BCUT2D eigenvalue weighted by Crippen LogP contribution is -2.56. The van der Waals surface area contributed by atoms with Crippen molar-refractivity contribution < 1.29 is 9.59 Å². The number of amides is 2. The van der Waals surface area contributed by atoms with Gasteiger partial charge in [-0.15, -0.1) is 0 Å². The van der Waals surface area contributed by atoms with Crippen LogP contribution in [-0.2, 0) is 9.59 Å². The topological polar surface area (TPSA) is 84.7 Å². The zero-order valence-corrected chi connectivity index (χ0v) is 7.36. The van der Waals surface area contributed by atoms with Crippen LogP contribution in [0.4, 0.5) is 0 Å². The molecular weight excluding hydrogens is 184 g/mol. The monoisotopic (exact) mass is 193 g/mol. The van der Waals surface area contributed by atoms with E-state index in [4.69, 9.17) is 0 Å². The summed E-state index contributed by atoms with van der Waals surface area (Å²) in [6, 6.07) is -0.520. The Kier molecular flexibility index (Phi) is 2.18. The summed E-state index contributed by atoms with van der Waals surface area (Å²) in [5.41, 5.74) is 0.701. The molecule has 1 atom stereocenters. The van der Waals surface area contributed by atoms with E-state index in [1.165, 1.54) is 6.34 Å². The highest BCUT2D eigenvalue weighted by atomic mass is 16.2. The van der Waals surface area contributed by atoms with Gasteiger partial charge in [-0.25, -0.2) is 10.3 Å². The quantitative estimate of drug-likeness (QED) is 0.558. The number of carbonyl (C=O) groups is 2. The lowest BCUT2D eigenvalue weighted by Gasteiger charge is -2.22. The highest BCUT2D eigenvalue weighted by Crippen LogP contribution is 2.08. The summed E-state index contributed by atoms with van der Waals surface area (Å²) in [6.07, 6.45) is 3.38. The summed E-state index contributed by atoms with van der Waals surface area (Å²) in [5, 5.41) is 9.01. The van der Waals surface area contributed by atoms with Gasteiger partial charge in [0.25, 0.3) is 0 Å². The zero-order valence-electron chi connectivity index (χ0n) is 7.36. The molecule has 2 aliphatic rings. The van der Waals surface area contributed by atoms with Crippen LogP contribution < -0.4 is 16.0 Å². The van der Waals surface area contributed by atoms with Gasteiger partial charge in [-0.2, -0.15) is 0 Å². The largest absolute Gasteiger partial charge is 0.345 e. The molecule has 2 heterocycles. The SMILES string of the molecule is O=C1CNC(=O)C(CC2=CN=C[N]2)N1. The Morgan fingerprint density at radius 3 is 3.07 bits per heavy atom. The van der Waals surface area contributed by atoms with Crippen LogP contribution in [0.25, 0.3) is 0 Å². The van der Waals surface area contributed by atoms with Crippen molar-refractivity contribution in [2.45, 2.75) is 12.5 Å². The van der Waals surface area contributed by atoms with Crippen molar-refractivity contribution in [3.05, 3.63) is 11.9 Å². The van der Waals surface area contributed by atoms with Crippen molar-refractivity contribution in [1.82, 2.24) is 16.0 Å². The van der Waals surface area contributed by atoms with Crippen molar-refractivity contribution in [2.75, 3.05) is 6.54 Å². The van der Waals surface area contributed by atoms with Crippen molar-refractivity contribution in [2.24, 2.45) is 4.99 Å². The number of aliphatic imine (C=N–C) groups is 1. The summed E-state index contributed by atoms with van der Waals surface area (Å²) in [6.45, 7) is 0.0576. The summed E-state index contributed by atoms with van der Waals surface area (Å²) in [4.78, 5) is 26.1. The molecule has 1 radical (unpaired) electrons. The second kappa shape index (κ2) is 3.49. The molecule has 2 amide bonds. The number of hydrogen-bond donors (Lipinski definition) is 2. The Morgan fingerprint density at radius 2 is 2.36 bits per heavy atom. The van der Waals surface area contributed by atoms with Crippen LogP contribution in [0, 0.1) is 0 Å². The molecule has 1 saturated heterocycles. The summed E-state index contributed by atoms with van der Waals surface area (Å²) >= 11 is 0. The van der Waals surface area contributed by atoms with E-state index >= 15 is 0 Å². The lowest BCUT2D eigenvalue weighted by molar-refractivity contribution is -0.133. The Labute approximate surface area is 80.5 Å². The number of carbonyl (C=O) groups excluding carboxylic acids is 2. The molecule has 2 rings (SSSR count). The van der Waals surface area contributed by atoms with Crippen molar-refractivity contribution in [3.63, 3.8) is 0 Å². The maximum atomic E-state index is 11.3. The minimum absolute atomic E-state index is 0.0576. The van der Waals surface area contributed by atoms with Crippen LogP contribution in [-0.4, -0.2) is 30.7 Å². The Hall–Kier alpha value is -1.85. The average Bonchev–Trinajstić information content (AvgIpc) is 2.64. The molecule has 6 nitrogen and oxygen atoms in total. The van der Waals surface area contributed by atoms with Gasteiger partial charge in [0.1, 0.15) is 12.4 Å². The molecule has 6 heteroatoms. The number of nitrogens with one attached hydrogen (secondary N) is 2. The third kappa shape index (κ3) is 1.73. The minimum Gasteiger partial charge on any atom is -0.345 e. The number of rotatable bonds is 2. The fraction of sp³-hybridized carbons (Fsp3) is 0.375. The molecule has 0 aromatic carbocycles. The Morgan fingerprint density at radius 1 is 1.50 bits per heavy atom. The van der Waals surface area contributed by atoms with Gasteiger partial charge in [0.05, 0.1) is 18.4 Å². The van der Waals surface area contributed by atoms with E-state index in [1.54, 1.807) is 6.20 Å².